The number of carbonyl (C=O) groups is 4. The second-order valence-electron chi connectivity index (χ2n) is 6.04. The predicted molar refractivity (Wildman–Crippen MR) is 107 cm³/mol. The van der Waals surface area contributed by atoms with Gasteiger partial charge < -0.3 is 15.2 Å². The Kier molecular flexibility index (Phi) is 6.48. The van der Waals surface area contributed by atoms with Gasteiger partial charge in [-0.1, -0.05) is 18.2 Å². The zero-order valence-corrected chi connectivity index (χ0v) is 16.1. The number of rotatable bonds is 7. The molecule has 0 spiro atoms. The van der Waals surface area contributed by atoms with Crippen LogP contribution in [-0.4, -0.2) is 46.2 Å². The molecule has 154 valence electrons. The molecule has 0 unspecified atom stereocenters. The number of thioether (sulfide) groups is 1. The molecule has 0 saturated carbocycles. The van der Waals surface area contributed by atoms with Crippen LogP contribution in [0.25, 0.3) is 6.08 Å². The zero-order valence-electron chi connectivity index (χ0n) is 15.3. The predicted octanol–water partition coefficient (Wildman–Crippen LogP) is 2.96. The molecule has 0 bridgehead atoms. The van der Waals surface area contributed by atoms with E-state index in [2.05, 4.69) is 5.32 Å². The standard InChI is InChI=1S/C20H15FN2O6S/c21-13-5-7-14(8-6-13)22-17(24)11-29-15-4-2-1-3-12(15)9-16-19(27)23(10-18(25)26)20(28)30-16/h1-9H,10-11H2,(H,22,24)(H,25,26)/b16-9-. The van der Waals surface area contributed by atoms with Crippen molar-refractivity contribution in [1.82, 2.24) is 4.90 Å². The van der Waals surface area contributed by atoms with Crippen molar-refractivity contribution < 1.29 is 33.4 Å². The fourth-order valence-electron chi connectivity index (χ4n) is 2.52. The van der Waals surface area contributed by atoms with Crippen molar-refractivity contribution in [3.05, 3.63) is 64.8 Å². The Morgan fingerprint density at radius 2 is 1.83 bits per heavy atom. The van der Waals surface area contributed by atoms with Crippen LogP contribution in [0.15, 0.2) is 53.4 Å². The number of carbonyl (C=O) groups excluding carboxylic acids is 3. The lowest BCUT2D eigenvalue weighted by Crippen LogP contribution is -2.33. The van der Waals surface area contributed by atoms with Gasteiger partial charge in [0.15, 0.2) is 6.61 Å². The van der Waals surface area contributed by atoms with Gasteiger partial charge in [-0.3, -0.25) is 24.1 Å². The minimum atomic E-state index is -1.30. The molecule has 8 nitrogen and oxygen atoms in total. The van der Waals surface area contributed by atoms with Crippen molar-refractivity contribution in [2.45, 2.75) is 0 Å². The Bertz CT molecular complexity index is 1040. The number of aliphatic carboxylic acids is 1. The van der Waals surface area contributed by atoms with Crippen LogP contribution in [0.4, 0.5) is 14.9 Å². The van der Waals surface area contributed by atoms with E-state index in [0.29, 0.717) is 27.9 Å². The molecule has 1 heterocycles. The third-order valence-electron chi connectivity index (χ3n) is 3.86. The number of anilines is 1. The van der Waals surface area contributed by atoms with Gasteiger partial charge >= 0.3 is 5.97 Å². The van der Waals surface area contributed by atoms with Crippen LogP contribution in [0.3, 0.4) is 0 Å². The third kappa shape index (κ3) is 5.23. The first-order valence-electron chi connectivity index (χ1n) is 8.58. The highest BCUT2D eigenvalue weighted by Gasteiger charge is 2.36. The largest absolute Gasteiger partial charge is 0.483 e. The summed E-state index contributed by atoms with van der Waals surface area (Å²) in [5, 5.41) is 10.7. The van der Waals surface area contributed by atoms with E-state index >= 15 is 0 Å². The van der Waals surface area contributed by atoms with Crippen LogP contribution in [0.5, 0.6) is 5.75 Å². The summed E-state index contributed by atoms with van der Waals surface area (Å²) < 4.78 is 18.4. The van der Waals surface area contributed by atoms with E-state index in [1.165, 1.54) is 30.3 Å². The number of hydrogen-bond donors (Lipinski definition) is 2. The van der Waals surface area contributed by atoms with Crippen LogP contribution >= 0.6 is 11.8 Å². The molecule has 2 N–H and O–H groups in total. The number of nitrogens with zero attached hydrogens (tertiary/aromatic N) is 1. The molecule has 1 aliphatic rings. The van der Waals surface area contributed by atoms with Crippen LogP contribution in [-0.2, 0) is 14.4 Å². The molecule has 3 rings (SSSR count). The zero-order chi connectivity index (χ0) is 21.7. The Morgan fingerprint density at radius 3 is 2.53 bits per heavy atom. The highest BCUT2D eigenvalue weighted by atomic mass is 32.2. The van der Waals surface area contributed by atoms with Gasteiger partial charge in [-0.2, -0.15) is 0 Å². The van der Waals surface area contributed by atoms with E-state index in [4.69, 9.17) is 9.84 Å². The average Bonchev–Trinajstić information content (AvgIpc) is 2.96. The Morgan fingerprint density at radius 1 is 1.13 bits per heavy atom. The summed E-state index contributed by atoms with van der Waals surface area (Å²) >= 11 is 0.624. The molecule has 3 amide bonds. The molecular weight excluding hydrogens is 415 g/mol. The summed E-state index contributed by atoms with van der Waals surface area (Å²) in [7, 11) is 0. The molecule has 1 fully saturated rings. The Balaban J connectivity index is 1.69. The lowest BCUT2D eigenvalue weighted by molar-refractivity contribution is -0.140. The minimum Gasteiger partial charge on any atom is -0.483 e. The molecule has 1 aliphatic heterocycles. The van der Waals surface area contributed by atoms with Crippen LogP contribution in [0.1, 0.15) is 5.56 Å². The number of ether oxygens (including phenoxy) is 1. The van der Waals surface area contributed by atoms with Crippen molar-refractivity contribution in [3.8, 4) is 5.75 Å². The van der Waals surface area contributed by atoms with Gasteiger partial charge in [0.25, 0.3) is 17.1 Å². The van der Waals surface area contributed by atoms with Crippen LogP contribution in [0, 0.1) is 5.82 Å². The third-order valence-corrected chi connectivity index (χ3v) is 4.77. The van der Waals surface area contributed by atoms with E-state index < -0.39 is 35.4 Å². The first kappa shape index (κ1) is 21.1. The van der Waals surface area contributed by atoms with Crippen molar-refractivity contribution in [2.24, 2.45) is 0 Å². The summed E-state index contributed by atoms with van der Waals surface area (Å²) in [5.74, 6) is -2.62. The first-order chi connectivity index (χ1) is 14.3. The summed E-state index contributed by atoms with van der Waals surface area (Å²) in [6, 6.07) is 11.8. The van der Waals surface area contributed by atoms with E-state index in [0.717, 1.165) is 0 Å². The molecule has 0 atom stereocenters. The number of carboxylic acids is 1. The highest BCUT2D eigenvalue weighted by molar-refractivity contribution is 8.18. The molecule has 2 aromatic carbocycles. The number of carboxylic acid groups (broad SMARTS) is 1. The van der Waals surface area contributed by atoms with Gasteiger partial charge in [-0.15, -0.1) is 0 Å². The molecule has 30 heavy (non-hydrogen) atoms. The van der Waals surface area contributed by atoms with Crippen LogP contribution < -0.4 is 10.1 Å². The molecule has 0 aromatic heterocycles. The van der Waals surface area contributed by atoms with Gasteiger partial charge in [-0.25, -0.2) is 4.39 Å². The SMILES string of the molecule is O=C(O)CN1C(=O)S/C(=C\c2ccccc2OCC(=O)Nc2ccc(F)cc2)C1=O. The maximum absolute atomic E-state index is 12.9. The Labute approximate surface area is 174 Å². The van der Waals surface area contributed by atoms with Crippen LogP contribution in [0.2, 0.25) is 0 Å². The van der Waals surface area contributed by atoms with Gasteiger partial charge in [-0.05, 0) is 48.2 Å². The fourth-order valence-corrected chi connectivity index (χ4v) is 3.35. The average molecular weight is 430 g/mol. The van der Waals surface area contributed by atoms with Gasteiger partial charge in [0.05, 0.1) is 4.91 Å². The first-order valence-corrected chi connectivity index (χ1v) is 9.39. The summed E-state index contributed by atoms with van der Waals surface area (Å²) in [5.41, 5.74) is 0.846. The maximum atomic E-state index is 12.9. The van der Waals surface area contributed by atoms with E-state index in [9.17, 15) is 23.6 Å². The number of imide groups is 1. The molecule has 10 heteroatoms. The molecule has 0 aliphatic carbocycles. The number of benzene rings is 2. The quantitative estimate of drug-likeness (QED) is 0.650. The van der Waals surface area contributed by atoms with Crippen molar-refractivity contribution >= 4 is 46.5 Å². The minimum absolute atomic E-state index is 0.0491. The number of para-hydroxylation sites is 1. The summed E-state index contributed by atoms with van der Waals surface area (Å²) in [4.78, 5) is 47.7. The number of nitrogens with one attached hydrogen (secondary N) is 1. The highest BCUT2D eigenvalue weighted by Crippen LogP contribution is 2.33. The second kappa shape index (κ2) is 9.23. The summed E-state index contributed by atoms with van der Waals surface area (Å²) in [6.07, 6.45) is 1.40. The lowest BCUT2D eigenvalue weighted by atomic mass is 10.2. The topological polar surface area (TPSA) is 113 Å². The van der Waals surface area contributed by atoms with Gasteiger partial charge in [0, 0.05) is 11.3 Å². The maximum Gasteiger partial charge on any atom is 0.323 e. The number of halogens is 1. The molecule has 0 radical (unpaired) electrons. The fraction of sp³-hybridized carbons (Fsp3) is 0.100. The molecule has 2 aromatic rings. The van der Waals surface area contributed by atoms with E-state index in [1.54, 1.807) is 24.3 Å². The van der Waals surface area contributed by atoms with Gasteiger partial charge in [0.2, 0.25) is 0 Å². The van der Waals surface area contributed by atoms with Crippen molar-refractivity contribution in [3.63, 3.8) is 0 Å². The van der Waals surface area contributed by atoms with E-state index in [-0.39, 0.29) is 17.3 Å². The molecular formula is C20H15FN2O6S. The van der Waals surface area contributed by atoms with Crippen molar-refractivity contribution in [2.75, 3.05) is 18.5 Å². The van der Waals surface area contributed by atoms with E-state index in [1.807, 2.05) is 0 Å². The number of amides is 3. The number of hydrogen-bond acceptors (Lipinski definition) is 6. The van der Waals surface area contributed by atoms with Gasteiger partial charge in [0.1, 0.15) is 18.1 Å². The van der Waals surface area contributed by atoms with Crippen molar-refractivity contribution in [1.29, 1.82) is 0 Å². The normalized spacial score (nSPS) is 14.8. The Hall–Kier alpha value is -3.66. The monoisotopic (exact) mass is 430 g/mol. The second-order valence-corrected chi connectivity index (χ2v) is 7.04. The molecule has 1 saturated heterocycles. The smallest absolute Gasteiger partial charge is 0.323 e. The lowest BCUT2D eigenvalue weighted by Gasteiger charge is -2.10. The summed E-state index contributed by atoms with van der Waals surface area (Å²) in [6.45, 7) is -1.06.